The fourth-order valence-corrected chi connectivity index (χ4v) is 5.61. The Morgan fingerprint density at radius 1 is 0.917 bits per heavy atom. The molecular formula is C29H26FN3O2S. The Balaban J connectivity index is 1.42. The van der Waals surface area contributed by atoms with E-state index in [9.17, 15) is 13.4 Å². The van der Waals surface area contributed by atoms with Crippen molar-refractivity contribution in [3.8, 4) is 16.8 Å². The first-order valence-electron chi connectivity index (χ1n) is 11.5. The number of imidazole rings is 1. The van der Waals surface area contributed by atoms with Crippen LogP contribution in [0.25, 0.3) is 27.8 Å². The topological polar surface area (TPSA) is 64.0 Å². The third-order valence-corrected chi connectivity index (χ3v) is 7.66. The second kappa shape index (κ2) is 9.17. The number of amides is 1. The van der Waals surface area contributed by atoms with Crippen molar-refractivity contribution in [1.82, 2.24) is 9.55 Å². The Morgan fingerprint density at radius 3 is 2.31 bits per heavy atom. The Hall–Kier alpha value is -4.10. The number of nitrogens with one attached hydrogen (secondary N) is 1. The third kappa shape index (κ3) is 4.57. The molecule has 0 saturated heterocycles. The Bertz CT molecular complexity index is 1630. The third-order valence-electron chi connectivity index (χ3n) is 6.11. The zero-order valence-electron chi connectivity index (χ0n) is 20.2. The van der Waals surface area contributed by atoms with Crippen molar-refractivity contribution in [2.45, 2.75) is 11.8 Å². The van der Waals surface area contributed by atoms with Gasteiger partial charge in [-0.05, 0) is 91.2 Å². The average molecular weight is 500 g/mol. The molecule has 0 aliphatic heterocycles. The molecule has 0 radical (unpaired) electrons. The van der Waals surface area contributed by atoms with Gasteiger partial charge in [0.25, 0.3) is 5.91 Å². The molecule has 36 heavy (non-hydrogen) atoms. The largest absolute Gasteiger partial charge is 0.322 e. The second-order valence-electron chi connectivity index (χ2n) is 9.07. The summed E-state index contributed by atoms with van der Waals surface area (Å²) < 4.78 is 28.0. The SMILES string of the molecule is Cc1nc2ccc(C(=O)Nc3ccc(-c4ccccc4[SH](C)(C)=O)cc3)cc2n1-c1ccc(F)cc1. The van der Waals surface area contributed by atoms with Gasteiger partial charge in [0.1, 0.15) is 11.6 Å². The highest BCUT2D eigenvalue weighted by atomic mass is 32.2. The summed E-state index contributed by atoms with van der Waals surface area (Å²) in [5, 5.41) is 2.95. The van der Waals surface area contributed by atoms with E-state index in [1.807, 2.05) is 66.1 Å². The molecule has 0 saturated carbocycles. The zero-order valence-corrected chi connectivity index (χ0v) is 21.1. The zero-order chi connectivity index (χ0) is 25.4. The minimum atomic E-state index is -2.44. The summed E-state index contributed by atoms with van der Waals surface area (Å²) in [7, 11) is -2.44. The summed E-state index contributed by atoms with van der Waals surface area (Å²) in [6.07, 6.45) is 3.53. The fraction of sp³-hybridized carbons (Fsp3) is 0.103. The van der Waals surface area contributed by atoms with Gasteiger partial charge in [0.2, 0.25) is 0 Å². The first-order chi connectivity index (χ1) is 17.2. The molecule has 182 valence electrons. The number of hydrogen-bond donors (Lipinski definition) is 2. The van der Waals surface area contributed by atoms with Crippen LogP contribution in [0.5, 0.6) is 0 Å². The summed E-state index contributed by atoms with van der Waals surface area (Å²) in [5.74, 6) is 0.184. The van der Waals surface area contributed by atoms with Crippen LogP contribution in [0.2, 0.25) is 0 Å². The van der Waals surface area contributed by atoms with Crippen LogP contribution in [0.4, 0.5) is 10.1 Å². The van der Waals surface area contributed by atoms with E-state index in [0.717, 1.165) is 38.6 Å². The van der Waals surface area contributed by atoms with E-state index in [1.54, 1.807) is 36.8 Å². The Kier molecular flexibility index (Phi) is 6.02. The van der Waals surface area contributed by atoms with Crippen molar-refractivity contribution in [2.75, 3.05) is 17.8 Å². The highest BCUT2D eigenvalue weighted by Gasteiger charge is 2.15. The summed E-state index contributed by atoms with van der Waals surface area (Å²) in [6, 6.07) is 26.7. The van der Waals surface area contributed by atoms with E-state index < -0.39 is 9.93 Å². The van der Waals surface area contributed by atoms with Gasteiger partial charge in [-0.15, -0.1) is 0 Å². The lowest BCUT2D eigenvalue weighted by Crippen LogP contribution is -2.12. The molecule has 5 aromatic rings. The number of carbonyl (C=O) groups is 1. The number of halogens is 1. The molecule has 0 aliphatic carbocycles. The molecule has 1 aromatic heterocycles. The first-order valence-corrected chi connectivity index (χ1v) is 14.1. The molecular weight excluding hydrogens is 473 g/mol. The van der Waals surface area contributed by atoms with E-state index in [4.69, 9.17) is 0 Å². The second-order valence-corrected chi connectivity index (χ2v) is 12.3. The van der Waals surface area contributed by atoms with Crippen molar-refractivity contribution in [3.63, 3.8) is 0 Å². The molecule has 5 rings (SSSR count). The van der Waals surface area contributed by atoms with Crippen LogP contribution in [0.3, 0.4) is 0 Å². The van der Waals surface area contributed by atoms with Crippen molar-refractivity contribution < 1.29 is 13.4 Å². The fourth-order valence-electron chi connectivity index (χ4n) is 4.38. The number of hydrogen-bond acceptors (Lipinski definition) is 3. The van der Waals surface area contributed by atoms with E-state index in [0.29, 0.717) is 11.3 Å². The maximum Gasteiger partial charge on any atom is 0.255 e. The van der Waals surface area contributed by atoms with Gasteiger partial charge in [-0.2, -0.15) is 0 Å². The summed E-state index contributed by atoms with van der Waals surface area (Å²) >= 11 is 0. The summed E-state index contributed by atoms with van der Waals surface area (Å²) in [5.41, 5.74) is 5.29. The maximum absolute atomic E-state index is 13.4. The van der Waals surface area contributed by atoms with Gasteiger partial charge in [-0.3, -0.25) is 13.6 Å². The number of rotatable bonds is 5. The van der Waals surface area contributed by atoms with Crippen LogP contribution >= 0.6 is 0 Å². The molecule has 4 aromatic carbocycles. The van der Waals surface area contributed by atoms with E-state index in [1.165, 1.54) is 12.1 Å². The van der Waals surface area contributed by atoms with Crippen molar-refractivity contribution in [1.29, 1.82) is 0 Å². The molecule has 0 aliphatic rings. The van der Waals surface area contributed by atoms with Crippen molar-refractivity contribution in [3.05, 3.63) is 108 Å². The van der Waals surface area contributed by atoms with E-state index in [2.05, 4.69) is 10.3 Å². The van der Waals surface area contributed by atoms with Gasteiger partial charge in [0, 0.05) is 21.8 Å². The summed E-state index contributed by atoms with van der Waals surface area (Å²) in [6.45, 7) is 1.87. The van der Waals surface area contributed by atoms with Gasteiger partial charge in [0.15, 0.2) is 0 Å². The predicted molar refractivity (Wildman–Crippen MR) is 145 cm³/mol. The van der Waals surface area contributed by atoms with Crippen LogP contribution < -0.4 is 5.32 Å². The van der Waals surface area contributed by atoms with Crippen molar-refractivity contribution >= 4 is 32.6 Å². The highest BCUT2D eigenvalue weighted by molar-refractivity contribution is 8.01. The molecule has 1 N–H and O–H groups in total. The Morgan fingerprint density at radius 2 is 1.61 bits per heavy atom. The monoisotopic (exact) mass is 499 g/mol. The summed E-state index contributed by atoms with van der Waals surface area (Å²) in [4.78, 5) is 18.5. The van der Waals surface area contributed by atoms with Crippen LogP contribution in [-0.2, 0) is 9.93 Å². The lowest BCUT2D eigenvalue weighted by atomic mass is 10.1. The number of anilines is 1. The van der Waals surface area contributed by atoms with Crippen LogP contribution in [0.1, 0.15) is 16.2 Å². The molecule has 7 heteroatoms. The molecule has 0 unspecified atom stereocenters. The average Bonchev–Trinajstić information content (AvgIpc) is 3.19. The van der Waals surface area contributed by atoms with Gasteiger partial charge < -0.3 is 5.32 Å². The standard InChI is InChI=1S/C29H26FN3O2S/c1-19-31-26-17-10-21(18-27(26)33(19)24-15-11-22(30)12-16-24)29(34)32-23-13-8-20(9-14-23)25-6-4-5-7-28(25)36(2,3)35/h4-18,36H,1-3H3,(H,32,34). The predicted octanol–water partition coefficient (Wildman–Crippen LogP) is 6.03. The lowest BCUT2D eigenvalue weighted by molar-refractivity contribution is 0.102. The molecule has 0 bridgehead atoms. The molecule has 1 amide bonds. The lowest BCUT2D eigenvalue weighted by Gasteiger charge is -2.17. The van der Waals surface area contributed by atoms with Gasteiger partial charge in [0.05, 0.1) is 11.0 Å². The van der Waals surface area contributed by atoms with E-state index in [-0.39, 0.29) is 11.7 Å². The molecule has 0 fully saturated rings. The minimum Gasteiger partial charge on any atom is -0.322 e. The number of aryl methyl sites for hydroxylation is 1. The number of aromatic nitrogens is 2. The number of carbonyl (C=O) groups excluding carboxylic acids is 1. The molecule has 0 spiro atoms. The van der Waals surface area contributed by atoms with Crippen molar-refractivity contribution in [2.24, 2.45) is 0 Å². The molecule has 5 nitrogen and oxygen atoms in total. The number of benzene rings is 4. The minimum absolute atomic E-state index is 0.249. The molecule has 1 heterocycles. The van der Waals surface area contributed by atoms with Crippen LogP contribution in [0, 0.1) is 12.7 Å². The van der Waals surface area contributed by atoms with Crippen LogP contribution in [0.15, 0.2) is 95.9 Å². The first kappa shape index (κ1) is 23.6. The quantitative estimate of drug-likeness (QED) is 0.290. The van der Waals surface area contributed by atoms with E-state index >= 15 is 0 Å². The smallest absolute Gasteiger partial charge is 0.255 e. The number of thiol groups is 1. The van der Waals surface area contributed by atoms with Gasteiger partial charge in [-0.1, -0.05) is 40.3 Å². The van der Waals surface area contributed by atoms with Gasteiger partial charge in [-0.25, -0.2) is 9.37 Å². The molecule has 0 atom stereocenters. The number of nitrogens with zero attached hydrogens (tertiary/aromatic N) is 2. The van der Waals surface area contributed by atoms with Crippen LogP contribution in [-0.4, -0.2) is 32.2 Å². The maximum atomic E-state index is 13.4. The van der Waals surface area contributed by atoms with Gasteiger partial charge >= 0.3 is 0 Å². The highest BCUT2D eigenvalue weighted by Crippen LogP contribution is 2.30. The number of fused-ring (bicyclic) bond motifs is 1. The Labute approximate surface area is 210 Å². The normalized spacial score (nSPS) is 12.0.